The third-order valence-corrected chi connectivity index (χ3v) is 5.04. The average molecular weight is 378 g/mol. The highest BCUT2D eigenvalue weighted by Crippen LogP contribution is 2.34. The molecule has 0 aromatic heterocycles. The zero-order chi connectivity index (χ0) is 18.8. The number of hydrogen-bond donors (Lipinski definition) is 1. The summed E-state index contributed by atoms with van der Waals surface area (Å²) >= 11 is 1.24. The van der Waals surface area contributed by atoms with Crippen molar-refractivity contribution in [1.29, 1.82) is 0 Å². The van der Waals surface area contributed by atoms with E-state index in [1.807, 2.05) is 42.5 Å². The van der Waals surface area contributed by atoms with Crippen LogP contribution in [0.3, 0.4) is 0 Å². The molecule has 0 unspecified atom stereocenters. The van der Waals surface area contributed by atoms with Gasteiger partial charge in [0.05, 0.1) is 17.7 Å². The number of aliphatic imine (C=N–C) groups is 1. The molecule has 0 saturated carbocycles. The van der Waals surface area contributed by atoms with Crippen molar-refractivity contribution in [3.63, 3.8) is 0 Å². The van der Waals surface area contributed by atoms with Crippen molar-refractivity contribution in [2.24, 2.45) is 4.99 Å². The van der Waals surface area contributed by atoms with Crippen LogP contribution in [0.15, 0.2) is 70.6 Å². The number of methoxy groups -OCH3 is 1. The lowest BCUT2D eigenvalue weighted by atomic mass is 10.0. The van der Waals surface area contributed by atoms with E-state index in [2.05, 4.69) is 10.3 Å². The summed E-state index contributed by atoms with van der Waals surface area (Å²) in [7, 11) is 1.61. The third-order valence-electron chi connectivity index (χ3n) is 4.13. The molecule has 6 heteroatoms. The number of carbonyl (C=O) groups excluding carboxylic acids is 1. The SMILES string of the molecule is COc1ccc2ccccc2c1/C=C1\SC(=Nc2ccc(F)cc2)NC1=O. The van der Waals surface area contributed by atoms with Gasteiger partial charge in [0.2, 0.25) is 0 Å². The maximum absolute atomic E-state index is 13.0. The molecule has 0 spiro atoms. The Balaban J connectivity index is 1.72. The fourth-order valence-corrected chi connectivity index (χ4v) is 3.67. The van der Waals surface area contributed by atoms with Gasteiger partial charge in [0.15, 0.2) is 5.17 Å². The van der Waals surface area contributed by atoms with E-state index >= 15 is 0 Å². The molecule has 0 bridgehead atoms. The van der Waals surface area contributed by atoms with Crippen LogP contribution in [0.5, 0.6) is 5.75 Å². The Kier molecular flexibility index (Phi) is 4.64. The zero-order valence-electron chi connectivity index (χ0n) is 14.4. The Bertz CT molecular complexity index is 1090. The van der Waals surface area contributed by atoms with Crippen LogP contribution in [0.4, 0.5) is 10.1 Å². The maximum atomic E-state index is 13.0. The first kappa shape index (κ1) is 17.3. The maximum Gasteiger partial charge on any atom is 0.264 e. The van der Waals surface area contributed by atoms with Gasteiger partial charge in [-0.1, -0.05) is 30.3 Å². The summed E-state index contributed by atoms with van der Waals surface area (Å²) in [6, 6.07) is 17.6. The van der Waals surface area contributed by atoms with Gasteiger partial charge in [-0.3, -0.25) is 4.79 Å². The number of hydrogen-bond acceptors (Lipinski definition) is 4. The molecule has 0 atom stereocenters. The molecule has 4 nitrogen and oxygen atoms in total. The zero-order valence-corrected chi connectivity index (χ0v) is 15.2. The first-order valence-electron chi connectivity index (χ1n) is 8.25. The second kappa shape index (κ2) is 7.25. The highest BCUT2D eigenvalue weighted by atomic mass is 32.2. The van der Waals surface area contributed by atoms with Crippen molar-refractivity contribution in [3.05, 3.63) is 76.9 Å². The molecular formula is C21H15FN2O2S. The summed E-state index contributed by atoms with van der Waals surface area (Å²) in [5, 5.41) is 5.26. The molecule has 4 rings (SSSR count). The van der Waals surface area contributed by atoms with Crippen molar-refractivity contribution >= 4 is 45.4 Å². The number of halogens is 1. The second-order valence-electron chi connectivity index (χ2n) is 5.86. The predicted molar refractivity (Wildman–Crippen MR) is 108 cm³/mol. The van der Waals surface area contributed by atoms with Gasteiger partial charge >= 0.3 is 0 Å². The molecule has 1 aliphatic rings. The van der Waals surface area contributed by atoms with Crippen LogP contribution < -0.4 is 10.1 Å². The molecule has 3 aromatic carbocycles. The van der Waals surface area contributed by atoms with E-state index in [-0.39, 0.29) is 11.7 Å². The van der Waals surface area contributed by atoms with Gasteiger partial charge in [0.25, 0.3) is 5.91 Å². The van der Waals surface area contributed by atoms with Crippen LogP contribution in [0.2, 0.25) is 0 Å². The van der Waals surface area contributed by atoms with Crippen LogP contribution in [-0.4, -0.2) is 18.2 Å². The molecule has 1 heterocycles. The van der Waals surface area contributed by atoms with E-state index in [0.717, 1.165) is 16.3 Å². The minimum Gasteiger partial charge on any atom is -0.496 e. The minimum atomic E-state index is -0.328. The van der Waals surface area contributed by atoms with Crippen LogP contribution in [0, 0.1) is 5.82 Å². The van der Waals surface area contributed by atoms with E-state index in [1.54, 1.807) is 19.2 Å². The van der Waals surface area contributed by atoms with E-state index in [4.69, 9.17) is 4.74 Å². The van der Waals surface area contributed by atoms with Crippen LogP contribution in [0.25, 0.3) is 16.8 Å². The third kappa shape index (κ3) is 3.57. The number of nitrogens with zero attached hydrogens (tertiary/aromatic N) is 1. The van der Waals surface area contributed by atoms with Gasteiger partial charge in [0, 0.05) is 5.56 Å². The summed E-state index contributed by atoms with van der Waals surface area (Å²) in [4.78, 5) is 17.3. The number of fused-ring (bicyclic) bond motifs is 1. The largest absolute Gasteiger partial charge is 0.496 e. The van der Waals surface area contributed by atoms with E-state index in [9.17, 15) is 9.18 Å². The van der Waals surface area contributed by atoms with Gasteiger partial charge in [-0.25, -0.2) is 9.38 Å². The number of amidine groups is 1. The molecule has 27 heavy (non-hydrogen) atoms. The summed E-state index contributed by atoms with van der Waals surface area (Å²) in [6.45, 7) is 0. The predicted octanol–water partition coefficient (Wildman–Crippen LogP) is 4.88. The number of ether oxygens (including phenoxy) is 1. The smallest absolute Gasteiger partial charge is 0.264 e. The lowest BCUT2D eigenvalue weighted by Crippen LogP contribution is -2.19. The molecule has 1 N–H and O–H groups in total. The lowest BCUT2D eigenvalue weighted by molar-refractivity contribution is -0.115. The Morgan fingerprint density at radius 1 is 1.07 bits per heavy atom. The standard InChI is InChI=1S/C21H15FN2O2S/c1-26-18-11-6-13-4-2-3-5-16(13)17(18)12-19-20(25)24-21(27-19)23-15-9-7-14(22)8-10-15/h2-12H,1H3,(H,23,24,25)/b19-12-. The van der Waals surface area contributed by atoms with Gasteiger partial charge in [-0.15, -0.1) is 0 Å². The summed E-state index contributed by atoms with van der Waals surface area (Å²) in [5.41, 5.74) is 1.42. The normalized spacial score (nSPS) is 16.9. The lowest BCUT2D eigenvalue weighted by Gasteiger charge is -2.09. The summed E-state index contributed by atoms with van der Waals surface area (Å²) in [6.07, 6.45) is 1.81. The highest BCUT2D eigenvalue weighted by Gasteiger charge is 2.24. The molecular weight excluding hydrogens is 363 g/mol. The molecule has 1 aliphatic heterocycles. The fraction of sp³-hybridized carbons (Fsp3) is 0.0476. The van der Waals surface area contributed by atoms with Crippen LogP contribution in [-0.2, 0) is 4.79 Å². The average Bonchev–Trinajstić information content (AvgIpc) is 3.03. The number of nitrogens with one attached hydrogen (secondary N) is 1. The van der Waals surface area contributed by atoms with Gasteiger partial charge in [0.1, 0.15) is 11.6 Å². The van der Waals surface area contributed by atoms with Crippen molar-refractivity contribution < 1.29 is 13.9 Å². The van der Waals surface area contributed by atoms with Gasteiger partial charge in [-0.2, -0.15) is 0 Å². The van der Waals surface area contributed by atoms with Crippen molar-refractivity contribution in [3.8, 4) is 5.75 Å². The Morgan fingerprint density at radius 2 is 1.85 bits per heavy atom. The Morgan fingerprint density at radius 3 is 2.63 bits per heavy atom. The number of thioether (sulfide) groups is 1. The van der Waals surface area contributed by atoms with Crippen LogP contribution >= 0.6 is 11.8 Å². The Hall–Kier alpha value is -3.12. The highest BCUT2D eigenvalue weighted by molar-refractivity contribution is 8.18. The number of amides is 1. The summed E-state index contributed by atoms with van der Waals surface area (Å²) < 4.78 is 18.5. The van der Waals surface area contributed by atoms with Crippen molar-refractivity contribution in [2.45, 2.75) is 0 Å². The number of benzene rings is 3. The van der Waals surface area contributed by atoms with Gasteiger partial charge < -0.3 is 10.1 Å². The summed E-state index contributed by atoms with van der Waals surface area (Å²) in [5.74, 6) is 0.139. The molecule has 1 saturated heterocycles. The number of rotatable bonds is 3. The van der Waals surface area contributed by atoms with E-state index in [1.165, 1.54) is 23.9 Å². The molecule has 1 amide bonds. The fourth-order valence-electron chi connectivity index (χ4n) is 2.85. The van der Waals surface area contributed by atoms with Crippen molar-refractivity contribution in [1.82, 2.24) is 5.32 Å². The molecule has 0 radical (unpaired) electrons. The molecule has 0 aliphatic carbocycles. The minimum absolute atomic E-state index is 0.226. The molecule has 1 fully saturated rings. The quantitative estimate of drug-likeness (QED) is 0.661. The van der Waals surface area contributed by atoms with Gasteiger partial charge in [-0.05, 0) is 58.9 Å². The molecule has 3 aromatic rings. The first-order chi connectivity index (χ1) is 13.1. The van der Waals surface area contributed by atoms with Crippen molar-refractivity contribution in [2.75, 3.05) is 7.11 Å². The first-order valence-corrected chi connectivity index (χ1v) is 9.06. The number of carbonyl (C=O) groups is 1. The second-order valence-corrected chi connectivity index (χ2v) is 6.89. The monoisotopic (exact) mass is 378 g/mol. The Labute approximate surface area is 159 Å². The van der Waals surface area contributed by atoms with Crippen LogP contribution in [0.1, 0.15) is 5.56 Å². The van der Waals surface area contributed by atoms with E-state index < -0.39 is 0 Å². The van der Waals surface area contributed by atoms with E-state index in [0.29, 0.717) is 21.5 Å². The topological polar surface area (TPSA) is 50.7 Å². The molecule has 134 valence electrons.